The number of fused-ring (bicyclic) bond motifs is 1. The normalized spacial score (nSPS) is 10.7. The lowest BCUT2D eigenvalue weighted by atomic mass is 10.3. The summed E-state index contributed by atoms with van der Waals surface area (Å²) in [6.45, 7) is 0. The van der Waals surface area contributed by atoms with Crippen LogP contribution in [-0.4, -0.2) is 15.8 Å². The molecule has 1 amide bonds. The number of hydrogen-bond acceptors (Lipinski definition) is 6. The van der Waals surface area contributed by atoms with Crippen LogP contribution < -0.4 is 5.32 Å². The third-order valence-electron chi connectivity index (χ3n) is 2.57. The lowest BCUT2D eigenvalue weighted by molar-refractivity contribution is -0.380. The van der Waals surface area contributed by atoms with Gasteiger partial charge in [0.15, 0.2) is 5.13 Å². The van der Waals surface area contributed by atoms with Gasteiger partial charge in [-0.2, -0.15) is 0 Å². The molecule has 0 fully saturated rings. The number of anilines is 1. The van der Waals surface area contributed by atoms with Crippen LogP contribution >= 0.6 is 22.7 Å². The van der Waals surface area contributed by atoms with Crippen molar-refractivity contribution in [1.29, 1.82) is 0 Å². The van der Waals surface area contributed by atoms with Crippen molar-refractivity contribution in [2.75, 3.05) is 5.32 Å². The predicted octanol–water partition coefficient (Wildman–Crippen LogP) is 3.66. The number of aromatic nitrogens is 1. The Kier molecular flexibility index (Phi) is 3.35. The maximum absolute atomic E-state index is 13.1. The first-order chi connectivity index (χ1) is 10.0. The van der Waals surface area contributed by atoms with Gasteiger partial charge in [0.05, 0.1) is 20.0 Å². The largest absolute Gasteiger partial charge is 0.324 e. The third kappa shape index (κ3) is 2.73. The van der Waals surface area contributed by atoms with E-state index in [2.05, 4.69) is 10.3 Å². The average molecular weight is 323 g/mol. The summed E-state index contributed by atoms with van der Waals surface area (Å²) in [6.07, 6.45) is 0. The molecule has 6 nitrogen and oxygen atoms in total. The first-order valence-corrected chi connectivity index (χ1v) is 7.28. The Hall–Kier alpha value is -2.39. The molecule has 3 aromatic rings. The number of rotatable bonds is 3. The third-order valence-corrected chi connectivity index (χ3v) is 4.54. The van der Waals surface area contributed by atoms with E-state index >= 15 is 0 Å². The van der Waals surface area contributed by atoms with Crippen LogP contribution in [0.2, 0.25) is 0 Å². The van der Waals surface area contributed by atoms with Crippen molar-refractivity contribution in [3.8, 4) is 0 Å². The second-order valence-corrected chi connectivity index (χ2v) is 6.07. The minimum Gasteiger partial charge on any atom is -0.297 e. The average Bonchev–Trinajstić information content (AvgIpc) is 3.03. The van der Waals surface area contributed by atoms with Gasteiger partial charge >= 0.3 is 5.00 Å². The zero-order valence-electron chi connectivity index (χ0n) is 10.2. The maximum Gasteiger partial charge on any atom is 0.324 e. The fourth-order valence-electron chi connectivity index (χ4n) is 1.66. The van der Waals surface area contributed by atoms with Gasteiger partial charge < -0.3 is 0 Å². The van der Waals surface area contributed by atoms with E-state index in [0.29, 0.717) is 15.3 Å². The summed E-state index contributed by atoms with van der Waals surface area (Å²) in [6, 6.07) is 6.79. The first kappa shape index (κ1) is 13.6. The smallest absolute Gasteiger partial charge is 0.297 e. The minimum absolute atomic E-state index is 0.105. The Morgan fingerprint density at radius 1 is 1.29 bits per heavy atom. The molecule has 0 unspecified atom stereocenters. The zero-order chi connectivity index (χ0) is 15.0. The van der Waals surface area contributed by atoms with Crippen LogP contribution in [0.1, 0.15) is 9.67 Å². The molecule has 1 aromatic carbocycles. The molecule has 0 aliphatic carbocycles. The monoisotopic (exact) mass is 323 g/mol. The van der Waals surface area contributed by atoms with Crippen molar-refractivity contribution in [1.82, 2.24) is 4.98 Å². The predicted molar refractivity (Wildman–Crippen MR) is 78.5 cm³/mol. The molecule has 0 spiro atoms. The number of nitro groups is 1. The molecule has 2 aromatic heterocycles. The number of benzene rings is 1. The number of nitrogens with zero attached hydrogens (tertiary/aromatic N) is 2. The summed E-state index contributed by atoms with van der Waals surface area (Å²) >= 11 is 1.92. The Morgan fingerprint density at radius 3 is 2.81 bits per heavy atom. The Bertz CT molecular complexity index is 858. The van der Waals surface area contributed by atoms with E-state index in [0.717, 1.165) is 22.7 Å². The number of halogens is 1. The van der Waals surface area contributed by atoms with Gasteiger partial charge in [0.25, 0.3) is 5.91 Å². The summed E-state index contributed by atoms with van der Waals surface area (Å²) < 4.78 is 13.7. The van der Waals surface area contributed by atoms with Crippen LogP contribution in [0.4, 0.5) is 14.5 Å². The highest BCUT2D eigenvalue weighted by Gasteiger charge is 2.16. The molecule has 0 radical (unpaired) electrons. The lowest BCUT2D eigenvalue weighted by Crippen LogP contribution is -2.09. The van der Waals surface area contributed by atoms with E-state index in [-0.39, 0.29) is 15.7 Å². The summed E-state index contributed by atoms with van der Waals surface area (Å²) in [5.41, 5.74) is 0.578. The van der Waals surface area contributed by atoms with Crippen molar-refractivity contribution in [2.45, 2.75) is 0 Å². The van der Waals surface area contributed by atoms with E-state index in [4.69, 9.17) is 0 Å². The van der Waals surface area contributed by atoms with Gasteiger partial charge in [-0.05, 0) is 24.3 Å². The summed E-state index contributed by atoms with van der Waals surface area (Å²) in [5, 5.41) is 13.3. The number of carbonyl (C=O) groups is 1. The Morgan fingerprint density at radius 2 is 2.10 bits per heavy atom. The molecule has 1 N–H and O–H groups in total. The van der Waals surface area contributed by atoms with E-state index in [9.17, 15) is 19.3 Å². The lowest BCUT2D eigenvalue weighted by Gasteiger charge is -1.96. The van der Waals surface area contributed by atoms with Gasteiger partial charge in [-0.15, -0.1) is 0 Å². The highest BCUT2D eigenvalue weighted by molar-refractivity contribution is 7.22. The van der Waals surface area contributed by atoms with Crippen molar-refractivity contribution >= 4 is 48.9 Å². The number of carbonyl (C=O) groups excluding carboxylic acids is 1. The molecule has 0 saturated heterocycles. The molecule has 0 bridgehead atoms. The van der Waals surface area contributed by atoms with Crippen LogP contribution in [0.3, 0.4) is 0 Å². The van der Waals surface area contributed by atoms with E-state index in [1.165, 1.54) is 30.3 Å². The topological polar surface area (TPSA) is 85.1 Å². The summed E-state index contributed by atoms with van der Waals surface area (Å²) in [4.78, 5) is 26.4. The highest BCUT2D eigenvalue weighted by Crippen LogP contribution is 2.28. The number of amides is 1. The molecular weight excluding hydrogens is 317 g/mol. The molecule has 2 heterocycles. The molecule has 0 atom stereocenters. The number of hydrogen-bond donors (Lipinski definition) is 1. The Balaban J connectivity index is 1.83. The van der Waals surface area contributed by atoms with Crippen molar-refractivity contribution in [3.05, 3.63) is 51.1 Å². The summed E-state index contributed by atoms with van der Waals surface area (Å²) in [5.74, 6) is -0.856. The van der Waals surface area contributed by atoms with Crippen LogP contribution in [0.5, 0.6) is 0 Å². The molecular formula is C12H6FN3O3S2. The SMILES string of the molecule is O=C(Nc1nc2ccc(F)cc2s1)c1ccc([N+](=O)[O-])s1. The van der Waals surface area contributed by atoms with Gasteiger partial charge in [0.1, 0.15) is 5.82 Å². The van der Waals surface area contributed by atoms with Crippen molar-refractivity contribution in [3.63, 3.8) is 0 Å². The first-order valence-electron chi connectivity index (χ1n) is 5.64. The van der Waals surface area contributed by atoms with Crippen LogP contribution in [-0.2, 0) is 0 Å². The second-order valence-electron chi connectivity index (χ2n) is 3.98. The van der Waals surface area contributed by atoms with E-state index in [1.807, 2.05) is 0 Å². The zero-order valence-corrected chi connectivity index (χ0v) is 11.8. The molecule has 21 heavy (non-hydrogen) atoms. The fraction of sp³-hybridized carbons (Fsp3) is 0. The quantitative estimate of drug-likeness (QED) is 0.589. The maximum atomic E-state index is 13.1. The number of thiophene rings is 1. The van der Waals surface area contributed by atoms with E-state index in [1.54, 1.807) is 0 Å². The molecule has 106 valence electrons. The van der Waals surface area contributed by atoms with Crippen LogP contribution in [0.15, 0.2) is 30.3 Å². The standard InChI is InChI=1S/C12H6FN3O3S2/c13-6-1-2-7-9(5-6)21-12(14-7)15-11(17)8-3-4-10(20-8)16(18)19/h1-5H,(H,14,15,17). The van der Waals surface area contributed by atoms with Crippen molar-refractivity contribution in [2.24, 2.45) is 0 Å². The van der Waals surface area contributed by atoms with Gasteiger partial charge in [-0.1, -0.05) is 22.7 Å². The van der Waals surface area contributed by atoms with Gasteiger partial charge in [-0.3, -0.25) is 20.2 Å². The number of thiazole rings is 1. The molecule has 3 rings (SSSR count). The number of nitrogens with one attached hydrogen (secondary N) is 1. The molecule has 0 aliphatic heterocycles. The fourth-order valence-corrected chi connectivity index (χ4v) is 3.26. The molecule has 9 heteroatoms. The van der Waals surface area contributed by atoms with Gasteiger partial charge in [0, 0.05) is 6.07 Å². The summed E-state index contributed by atoms with van der Waals surface area (Å²) in [7, 11) is 0. The minimum atomic E-state index is -0.554. The molecule has 0 saturated carbocycles. The molecule has 0 aliphatic rings. The van der Waals surface area contributed by atoms with E-state index < -0.39 is 10.8 Å². The second kappa shape index (κ2) is 5.19. The Labute approximate surface area is 125 Å². The van der Waals surface area contributed by atoms with Crippen LogP contribution in [0.25, 0.3) is 10.2 Å². The highest BCUT2D eigenvalue weighted by atomic mass is 32.1. The van der Waals surface area contributed by atoms with Crippen LogP contribution in [0, 0.1) is 15.9 Å². The van der Waals surface area contributed by atoms with Gasteiger partial charge in [0.2, 0.25) is 0 Å². The van der Waals surface area contributed by atoms with Crippen molar-refractivity contribution < 1.29 is 14.1 Å². The van der Waals surface area contributed by atoms with Gasteiger partial charge in [-0.25, -0.2) is 9.37 Å².